The summed E-state index contributed by atoms with van der Waals surface area (Å²) in [4.78, 5) is 6.53. The fourth-order valence-electron chi connectivity index (χ4n) is 2.56. The number of aliphatic imine (C=N–C) groups is 1. The molecule has 1 atom stereocenters. The van der Waals surface area contributed by atoms with Crippen LogP contribution in [0.2, 0.25) is 0 Å². The van der Waals surface area contributed by atoms with Crippen LogP contribution in [0.3, 0.4) is 0 Å². The third-order valence-electron chi connectivity index (χ3n) is 4.97. The summed E-state index contributed by atoms with van der Waals surface area (Å²) < 4.78 is 11.6. The molecule has 0 saturated carbocycles. The first-order valence-corrected chi connectivity index (χ1v) is 9.27. The molecule has 0 spiro atoms. The zero-order valence-electron chi connectivity index (χ0n) is 17.1. The number of guanidine groups is 1. The number of nitrogens with one attached hydrogen (secondary N) is 2. The molecular formula is C20H34N4O2. The second kappa shape index (κ2) is 9.24. The van der Waals surface area contributed by atoms with E-state index in [1.54, 1.807) is 7.05 Å². The molecule has 6 heteroatoms. The Hall–Kier alpha value is -1.79. The molecule has 0 aromatic heterocycles. The van der Waals surface area contributed by atoms with Crippen molar-refractivity contribution in [1.82, 2.24) is 15.5 Å². The smallest absolute Gasteiger partial charge is 0.191 e. The molecule has 1 aromatic carbocycles. The maximum Gasteiger partial charge on any atom is 0.191 e. The molecule has 2 N–H and O–H groups in total. The highest BCUT2D eigenvalue weighted by atomic mass is 16.5. The Balaban J connectivity index is 1.96. The minimum absolute atomic E-state index is 0.0399. The van der Waals surface area contributed by atoms with Crippen LogP contribution in [0.5, 0.6) is 5.75 Å². The summed E-state index contributed by atoms with van der Waals surface area (Å²) in [5, 5.41) is 6.79. The lowest BCUT2D eigenvalue weighted by atomic mass is 10.0. The number of likely N-dealkylation sites (N-methyl/N-ethyl adjacent to an activating group) is 1. The molecule has 1 fully saturated rings. The third kappa shape index (κ3) is 5.88. The van der Waals surface area contributed by atoms with Gasteiger partial charge in [0.1, 0.15) is 11.9 Å². The van der Waals surface area contributed by atoms with E-state index in [1.807, 2.05) is 0 Å². The quantitative estimate of drug-likeness (QED) is 0.575. The van der Waals surface area contributed by atoms with Crippen molar-refractivity contribution in [3.8, 4) is 5.75 Å². The highest BCUT2D eigenvalue weighted by Gasteiger charge is 2.21. The Morgan fingerprint density at radius 1 is 1.35 bits per heavy atom. The van der Waals surface area contributed by atoms with Crippen LogP contribution >= 0.6 is 0 Å². The minimum atomic E-state index is 0.0399. The molecule has 6 nitrogen and oxygen atoms in total. The van der Waals surface area contributed by atoms with Crippen LogP contribution in [-0.2, 0) is 11.3 Å². The van der Waals surface area contributed by atoms with Gasteiger partial charge in [-0.15, -0.1) is 0 Å². The number of nitrogens with zero attached hydrogens (tertiary/aromatic N) is 2. The first-order valence-electron chi connectivity index (χ1n) is 9.27. The predicted octanol–water partition coefficient (Wildman–Crippen LogP) is 2.17. The number of ether oxygens (including phenoxy) is 2. The summed E-state index contributed by atoms with van der Waals surface area (Å²) >= 11 is 0. The summed E-state index contributed by atoms with van der Waals surface area (Å²) in [6.07, 6.45) is 1.10. The SMILES string of the molecule is CN=C(NCc1ccc(C)cc1OC1CCOC1)NCC(C)(C)N(C)C. The van der Waals surface area contributed by atoms with E-state index in [4.69, 9.17) is 9.47 Å². The molecule has 26 heavy (non-hydrogen) atoms. The Kier molecular flexibility index (Phi) is 7.29. The lowest BCUT2D eigenvalue weighted by Gasteiger charge is -2.33. The third-order valence-corrected chi connectivity index (χ3v) is 4.97. The monoisotopic (exact) mass is 362 g/mol. The molecule has 2 rings (SSSR count). The van der Waals surface area contributed by atoms with Crippen molar-refractivity contribution < 1.29 is 9.47 Å². The van der Waals surface area contributed by atoms with Gasteiger partial charge in [-0.05, 0) is 46.5 Å². The number of hydrogen-bond donors (Lipinski definition) is 2. The maximum atomic E-state index is 6.17. The van der Waals surface area contributed by atoms with Crippen molar-refractivity contribution in [2.24, 2.45) is 4.99 Å². The van der Waals surface area contributed by atoms with Crippen molar-refractivity contribution in [1.29, 1.82) is 0 Å². The average Bonchev–Trinajstić information content (AvgIpc) is 3.09. The van der Waals surface area contributed by atoms with Gasteiger partial charge in [-0.3, -0.25) is 4.99 Å². The molecule has 0 radical (unpaired) electrons. The summed E-state index contributed by atoms with van der Waals surface area (Å²) in [5.74, 6) is 1.72. The van der Waals surface area contributed by atoms with Gasteiger partial charge in [0.05, 0.1) is 13.2 Å². The van der Waals surface area contributed by atoms with E-state index in [-0.39, 0.29) is 11.6 Å². The van der Waals surface area contributed by atoms with Crippen LogP contribution in [0.15, 0.2) is 23.2 Å². The van der Waals surface area contributed by atoms with E-state index in [2.05, 4.69) is 73.6 Å². The van der Waals surface area contributed by atoms with E-state index in [0.29, 0.717) is 13.2 Å². The lowest BCUT2D eigenvalue weighted by Crippen LogP contribution is -2.50. The van der Waals surface area contributed by atoms with Gasteiger partial charge in [0.25, 0.3) is 0 Å². The summed E-state index contributed by atoms with van der Waals surface area (Å²) in [7, 11) is 5.96. The number of hydrogen-bond acceptors (Lipinski definition) is 4. The lowest BCUT2D eigenvalue weighted by molar-refractivity contribution is 0.140. The van der Waals surface area contributed by atoms with Crippen LogP contribution in [0.4, 0.5) is 0 Å². The summed E-state index contributed by atoms with van der Waals surface area (Å²) in [6, 6.07) is 6.32. The molecule has 1 saturated heterocycles. The van der Waals surface area contributed by atoms with Gasteiger partial charge in [-0.25, -0.2) is 0 Å². The molecule has 0 bridgehead atoms. The first kappa shape index (κ1) is 20.5. The molecule has 0 aliphatic carbocycles. The molecule has 1 heterocycles. The molecule has 146 valence electrons. The van der Waals surface area contributed by atoms with Gasteiger partial charge < -0.3 is 25.0 Å². The van der Waals surface area contributed by atoms with Crippen molar-refractivity contribution in [3.63, 3.8) is 0 Å². The summed E-state index contributed by atoms with van der Waals surface area (Å²) in [5.41, 5.74) is 2.35. The van der Waals surface area contributed by atoms with Crippen molar-refractivity contribution >= 4 is 5.96 Å². The zero-order chi connectivity index (χ0) is 19.2. The number of aryl methyl sites for hydroxylation is 1. The highest BCUT2D eigenvalue weighted by Crippen LogP contribution is 2.23. The highest BCUT2D eigenvalue weighted by molar-refractivity contribution is 5.79. The van der Waals surface area contributed by atoms with Gasteiger partial charge in [0.2, 0.25) is 0 Å². The largest absolute Gasteiger partial charge is 0.488 e. The van der Waals surface area contributed by atoms with Crippen LogP contribution in [0.25, 0.3) is 0 Å². The van der Waals surface area contributed by atoms with Crippen LogP contribution in [-0.4, -0.2) is 63.4 Å². The zero-order valence-corrected chi connectivity index (χ0v) is 17.1. The van der Waals surface area contributed by atoms with E-state index in [0.717, 1.165) is 36.8 Å². The Labute approximate surface area is 158 Å². The normalized spacial score (nSPS) is 18.3. The maximum absolute atomic E-state index is 6.17. The second-order valence-corrected chi connectivity index (χ2v) is 7.70. The van der Waals surface area contributed by atoms with E-state index in [1.165, 1.54) is 5.56 Å². The van der Waals surface area contributed by atoms with E-state index < -0.39 is 0 Å². The summed E-state index contributed by atoms with van der Waals surface area (Å²) in [6.45, 7) is 9.39. The van der Waals surface area contributed by atoms with E-state index in [9.17, 15) is 0 Å². The van der Waals surface area contributed by atoms with E-state index >= 15 is 0 Å². The van der Waals surface area contributed by atoms with Crippen LogP contribution in [0.1, 0.15) is 31.4 Å². The van der Waals surface area contributed by atoms with Crippen LogP contribution in [0, 0.1) is 6.92 Å². The van der Waals surface area contributed by atoms with Gasteiger partial charge in [-0.2, -0.15) is 0 Å². The topological polar surface area (TPSA) is 58.1 Å². The van der Waals surface area contributed by atoms with Gasteiger partial charge in [-0.1, -0.05) is 12.1 Å². The molecule has 0 amide bonds. The predicted molar refractivity (Wildman–Crippen MR) is 107 cm³/mol. The van der Waals surface area contributed by atoms with Gasteiger partial charge in [0.15, 0.2) is 5.96 Å². The molecule has 1 aliphatic rings. The minimum Gasteiger partial charge on any atom is -0.488 e. The fourth-order valence-corrected chi connectivity index (χ4v) is 2.56. The number of rotatable bonds is 7. The average molecular weight is 363 g/mol. The second-order valence-electron chi connectivity index (χ2n) is 7.70. The number of benzene rings is 1. The molecule has 1 unspecified atom stereocenters. The molecular weight excluding hydrogens is 328 g/mol. The molecule has 1 aliphatic heterocycles. The van der Waals surface area contributed by atoms with Crippen molar-refractivity contribution in [3.05, 3.63) is 29.3 Å². The van der Waals surface area contributed by atoms with Gasteiger partial charge in [0, 0.05) is 37.7 Å². The fraction of sp³-hybridized carbons (Fsp3) is 0.650. The van der Waals surface area contributed by atoms with Crippen LogP contribution < -0.4 is 15.4 Å². The Morgan fingerprint density at radius 3 is 2.73 bits per heavy atom. The Bertz CT molecular complexity index is 608. The Morgan fingerprint density at radius 2 is 2.12 bits per heavy atom. The van der Waals surface area contributed by atoms with Crippen molar-refractivity contribution in [2.45, 2.75) is 45.4 Å². The molecule has 1 aromatic rings. The standard InChI is InChI=1S/C20H34N4O2/c1-15-7-8-16(18(11-15)26-17-9-10-25-13-17)12-22-19(21-4)23-14-20(2,3)24(5)6/h7-8,11,17H,9-10,12-14H2,1-6H3,(H2,21,22,23). The van der Waals surface area contributed by atoms with Crippen molar-refractivity contribution in [2.75, 3.05) is 40.9 Å². The van der Waals surface area contributed by atoms with Gasteiger partial charge >= 0.3 is 0 Å². The first-order chi connectivity index (χ1) is 12.3.